The molecule has 5 fully saturated rings. The molecule has 0 amide bonds. The number of carbonyl (C=O) groups is 3. The molecule has 4 aromatic rings. The van der Waals surface area contributed by atoms with Crippen molar-refractivity contribution in [3.05, 3.63) is 95.2 Å². The third kappa shape index (κ3) is 10.3. The summed E-state index contributed by atoms with van der Waals surface area (Å²) in [6.07, 6.45) is 10.2. The number of nitrogens with zero attached hydrogens (tertiary/aromatic N) is 2. The van der Waals surface area contributed by atoms with Crippen molar-refractivity contribution in [3.63, 3.8) is 0 Å². The molecule has 4 unspecified atom stereocenters. The van der Waals surface area contributed by atoms with Gasteiger partial charge in [-0.15, -0.1) is 12.4 Å². The molecule has 0 spiro atoms. The van der Waals surface area contributed by atoms with Crippen LogP contribution in [0.2, 0.25) is 0 Å². The number of hydrogen-bond acceptors (Lipinski definition) is 10. The fourth-order valence-electron chi connectivity index (χ4n) is 9.58. The second kappa shape index (κ2) is 18.8. The van der Waals surface area contributed by atoms with E-state index in [-0.39, 0.29) is 42.1 Å². The van der Waals surface area contributed by atoms with Gasteiger partial charge in [0.05, 0.1) is 32.6 Å². The minimum atomic E-state index is -3.67. The molecule has 5 aliphatic heterocycles. The maximum atomic E-state index is 12.9. The largest absolute Gasteiger partial charge is 0.493 e. The van der Waals surface area contributed by atoms with Gasteiger partial charge in [-0.3, -0.25) is 23.9 Å². The molecular formula is C44H54ClN3O9S. The number of ether oxygens (including phenoxy) is 3. The molecule has 312 valence electrons. The Labute approximate surface area is 346 Å². The van der Waals surface area contributed by atoms with Crippen molar-refractivity contribution in [1.29, 1.82) is 0 Å². The predicted molar refractivity (Wildman–Crippen MR) is 224 cm³/mol. The summed E-state index contributed by atoms with van der Waals surface area (Å²) in [5.41, 5.74) is 4.87. The molecule has 6 atom stereocenters. The molecule has 10 rings (SSSR count). The molecule has 2 N–H and O–H groups in total. The summed E-state index contributed by atoms with van der Waals surface area (Å²) in [6.45, 7) is 3.87. The third-order valence-corrected chi connectivity index (χ3v) is 12.3. The van der Waals surface area contributed by atoms with E-state index in [9.17, 15) is 22.8 Å². The SMILES string of the molecule is COc1cc2c(cc1OC)C(=O)C(CC1CCN(Cc3ccccc3)CC1)C2.CS(=O)(=O)O.Cl.O=C(OC1C[C@@H]2CC3C[C@H](C1)N2CC3=O)c1c[nH]c2ccccc12. The maximum absolute atomic E-state index is 12.9. The summed E-state index contributed by atoms with van der Waals surface area (Å²) >= 11 is 0. The van der Waals surface area contributed by atoms with Crippen LogP contribution in [0.4, 0.5) is 0 Å². The predicted octanol–water partition coefficient (Wildman–Crippen LogP) is 6.81. The lowest BCUT2D eigenvalue weighted by atomic mass is 9.72. The lowest BCUT2D eigenvalue weighted by Crippen LogP contribution is -2.63. The molecule has 6 heterocycles. The van der Waals surface area contributed by atoms with E-state index in [1.54, 1.807) is 20.4 Å². The Kier molecular flexibility index (Phi) is 14.0. The third-order valence-electron chi connectivity index (χ3n) is 12.3. The fraction of sp³-hybridized carbons (Fsp3) is 0.477. The number of halogens is 1. The van der Waals surface area contributed by atoms with E-state index in [0.717, 1.165) is 80.2 Å². The van der Waals surface area contributed by atoms with E-state index < -0.39 is 10.1 Å². The standard InChI is InChI=1S/C24H29NO3.C19H20N2O3.CH4O3S.ClH/c1-27-22-14-19-13-20(24(26)21(19)15-23(22)28-2)12-17-8-10-25(11-9-17)16-18-6-4-3-5-7-18;22-18-10-21-12-5-11(18)6-13(21)8-14(7-12)24-19(23)16-9-20-17-4-2-1-3-15(16)17;1-5(2,3)4;/h3-7,14-15,17,20H,8-13,16H2,1-2H3;1-4,9,11-14,20H,5-8,10H2;1H3,(H,2,3,4);1H/t;11?,12-,13+,14?;;. The van der Waals surface area contributed by atoms with Crippen LogP contribution in [0.3, 0.4) is 0 Å². The molecule has 58 heavy (non-hydrogen) atoms. The zero-order valence-electron chi connectivity index (χ0n) is 33.3. The first-order chi connectivity index (χ1) is 27.4. The van der Waals surface area contributed by atoms with Gasteiger partial charge in [-0.2, -0.15) is 8.42 Å². The number of fused-ring (bicyclic) bond motifs is 3. The second-order valence-corrected chi connectivity index (χ2v) is 17.6. The van der Waals surface area contributed by atoms with Crippen molar-refractivity contribution in [3.8, 4) is 11.5 Å². The van der Waals surface area contributed by atoms with Gasteiger partial charge in [-0.25, -0.2) is 4.79 Å². The van der Waals surface area contributed by atoms with Crippen molar-refractivity contribution < 1.29 is 41.6 Å². The van der Waals surface area contributed by atoms with Gasteiger partial charge in [0.15, 0.2) is 17.3 Å². The van der Waals surface area contributed by atoms with Gasteiger partial charge >= 0.3 is 5.97 Å². The molecule has 12 nitrogen and oxygen atoms in total. The summed E-state index contributed by atoms with van der Waals surface area (Å²) in [4.78, 5) is 45.4. The molecule has 0 radical (unpaired) electrons. The summed E-state index contributed by atoms with van der Waals surface area (Å²) in [5, 5.41) is 0.909. The Hall–Kier alpha value is -4.27. The maximum Gasteiger partial charge on any atom is 0.340 e. The van der Waals surface area contributed by atoms with Crippen molar-refractivity contribution in [2.24, 2.45) is 17.8 Å². The molecule has 5 saturated heterocycles. The van der Waals surface area contributed by atoms with Crippen LogP contribution in [-0.2, 0) is 32.6 Å². The Balaban J connectivity index is 0.000000174. The highest BCUT2D eigenvalue weighted by molar-refractivity contribution is 7.85. The number of aromatic amines is 1. The number of piperidine rings is 5. The van der Waals surface area contributed by atoms with Crippen LogP contribution >= 0.6 is 12.4 Å². The number of rotatable bonds is 8. The number of likely N-dealkylation sites (tertiary alicyclic amines) is 1. The molecule has 14 heteroatoms. The highest BCUT2D eigenvalue weighted by Gasteiger charge is 2.49. The average Bonchev–Trinajstić information content (AvgIpc) is 3.75. The summed E-state index contributed by atoms with van der Waals surface area (Å²) < 4.78 is 42.5. The Morgan fingerprint density at radius 2 is 1.52 bits per heavy atom. The van der Waals surface area contributed by atoms with Crippen LogP contribution in [0.1, 0.15) is 76.8 Å². The molecule has 0 saturated carbocycles. The van der Waals surface area contributed by atoms with Crippen LogP contribution in [0.15, 0.2) is 72.9 Å². The summed E-state index contributed by atoms with van der Waals surface area (Å²) in [5.74, 6) is 2.79. The zero-order chi connectivity index (χ0) is 40.3. The lowest BCUT2D eigenvalue weighted by molar-refractivity contribution is -0.145. The van der Waals surface area contributed by atoms with Gasteiger partial charge in [0.25, 0.3) is 10.1 Å². The fourth-order valence-corrected chi connectivity index (χ4v) is 9.58. The number of Topliss-reactive ketones (excluding diaryl/α,β-unsaturated/α-hetero) is 2. The first-order valence-electron chi connectivity index (χ1n) is 19.9. The number of carbonyl (C=O) groups excluding carboxylic acids is 3. The molecule has 1 aliphatic carbocycles. The number of nitrogens with one attached hydrogen (secondary N) is 1. The van der Waals surface area contributed by atoms with E-state index in [0.29, 0.717) is 53.6 Å². The summed E-state index contributed by atoms with van der Waals surface area (Å²) in [7, 11) is -0.411. The second-order valence-electron chi connectivity index (χ2n) is 16.2. The molecular weight excluding hydrogens is 782 g/mol. The van der Waals surface area contributed by atoms with Crippen LogP contribution in [0.5, 0.6) is 11.5 Å². The first-order valence-corrected chi connectivity index (χ1v) is 21.7. The normalized spacial score (nSPS) is 25.0. The number of ketones is 2. The van der Waals surface area contributed by atoms with Gasteiger partial charge < -0.3 is 19.2 Å². The van der Waals surface area contributed by atoms with Gasteiger partial charge in [0, 0.05) is 66.0 Å². The Morgan fingerprint density at radius 1 is 0.897 bits per heavy atom. The van der Waals surface area contributed by atoms with Crippen LogP contribution < -0.4 is 9.47 Å². The smallest absolute Gasteiger partial charge is 0.340 e. The zero-order valence-corrected chi connectivity index (χ0v) is 34.9. The number of benzene rings is 3. The molecule has 4 bridgehead atoms. The minimum absolute atomic E-state index is 0. The molecule has 6 aliphatic rings. The van der Waals surface area contributed by atoms with E-state index in [1.165, 1.54) is 18.4 Å². The highest BCUT2D eigenvalue weighted by atomic mass is 35.5. The number of hydrogen-bond donors (Lipinski definition) is 2. The topological polar surface area (TPSA) is 156 Å². The molecule has 1 aromatic heterocycles. The Bertz CT molecular complexity index is 2160. The van der Waals surface area contributed by atoms with Crippen molar-refractivity contribution >= 4 is 51.0 Å². The van der Waals surface area contributed by atoms with Gasteiger partial charge in [0.2, 0.25) is 0 Å². The molecule has 3 aromatic carbocycles. The Morgan fingerprint density at radius 3 is 2.16 bits per heavy atom. The number of methoxy groups -OCH3 is 2. The first kappa shape index (κ1) is 43.3. The van der Waals surface area contributed by atoms with Crippen molar-refractivity contribution in [2.75, 3.05) is 40.1 Å². The number of aromatic nitrogens is 1. The van der Waals surface area contributed by atoms with Gasteiger partial charge in [-0.1, -0.05) is 48.5 Å². The van der Waals surface area contributed by atoms with Crippen molar-refractivity contribution in [1.82, 2.24) is 14.8 Å². The average molecular weight is 836 g/mol. The van der Waals surface area contributed by atoms with Crippen LogP contribution in [0.25, 0.3) is 10.9 Å². The van der Waals surface area contributed by atoms with E-state index in [2.05, 4.69) is 45.1 Å². The van der Waals surface area contributed by atoms with E-state index in [4.69, 9.17) is 18.8 Å². The van der Waals surface area contributed by atoms with Gasteiger partial charge in [-0.05, 0) is 86.9 Å². The monoisotopic (exact) mass is 835 g/mol. The lowest BCUT2D eigenvalue weighted by Gasteiger charge is -2.54. The number of H-pyrrole nitrogens is 1. The minimum Gasteiger partial charge on any atom is -0.493 e. The van der Waals surface area contributed by atoms with Gasteiger partial charge in [0.1, 0.15) is 11.9 Å². The number of para-hydroxylation sites is 1. The van der Waals surface area contributed by atoms with E-state index >= 15 is 0 Å². The van der Waals surface area contributed by atoms with Crippen LogP contribution in [-0.4, -0.2) is 104 Å². The number of esters is 1. The van der Waals surface area contributed by atoms with E-state index in [1.807, 2.05) is 36.4 Å². The van der Waals surface area contributed by atoms with Crippen LogP contribution in [0, 0.1) is 17.8 Å². The summed E-state index contributed by atoms with van der Waals surface area (Å²) in [6, 6.07) is 23.1. The highest BCUT2D eigenvalue weighted by Crippen LogP contribution is 2.43. The van der Waals surface area contributed by atoms with Crippen molar-refractivity contribution in [2.45, 2.75) is 76.1 Å². The quantitative estimate of drug-likeness (QED) is 0.142.